The van der Waals surface area contributed by atoms with Gasteiger partial charge in [0, 0.05) is 4.47 Å². The molecule has 1 aliphatic heterocycles. The Labute approximate surface area is 96.9 Å². The molecule has 0 aromatic heterocycles. The highest BCUT2D eigenvalue weighted by atomic mass is 79.9. The van der Waals surface area contributed by atoms with Gasteiger partial charge in [-0.3, -0.25) is 0 Å². The van der Waals surface area contributed by atoms with E-state index in [0.717, 1.165) is 16.7 Å². The van der Waals surface area contributed by atoms with E-state index in [1.807, 2.05) is 6.07 Å². The van der Waals surface area contributed by atoms with Crippen molar-refractivity contribution >= 4 is 21.6 Å². The van der Waals surface area contributed by atoms with Crippen LogP contribution in [0.25, 0.3) is 0 Å². The molecule has 0 aliphatic carbocycles. The molecule has 1 N–H and O–H groups in total. The Bertz CT molecular complexity index is 381. The number of anilines is 1. The van der Waals surface area contributed by atoms with Crippen molar-refractivity contribution in [2.45, 2.75) is 20.0 Å². The normalized spacial score (nSPS) is 19.4. The molecule has 0 fully saturated rings. The van der Waals surface area contributed by atoms with Gasteiger partial charge in [-0.1, -0.05) is 29.8 Å². The third kappa shape index (κ3) is 2.09. The van der Waals surface area contributed by atoms with Crippen LogP contribution in [-0.2, 0) is 0 Å². The highest BCUT2D eigenvalue weighted by molar-refractivity contribution is 9.10. The molecule has 1 atom stereocenters. The molecule has 1 aromatic carbocycles. The molecular weight excluding hydrogens is 261 g/mol. The molecule has 0 bridgehead atoms. The summed E-state index contributed by atoms with van der Waals surface area (Å²) in [7, 11) is 0. The second-order valence-electron chi connectivity index (χ2n) is 4.05. The predicted molar refractivity (Wildman–Crippen MR) is 61.8 cm³/mol. The first kappa shape index (κ1) is 10.7. The molecule has 82 valence electrons. The fourth-order valence-electron chi connectivity index (χ4n) is 1.59. The van der Waals surface area contributed by atoms with Gasteiger partial charge in [0.05, 0.1) is 12.2 Å². The molecule has 1 aromatic rings. The second kappa shape index (κ2) is 4.00. The molecule has 2 nitrogen and oxygen atoms in total. The number of rotatable bonds is 1. The van der Waals surface area contributed by atoms with Crippen molar-refractivity contribution in [2.24, 2.45) is 5.92 Å². The van der Waals surface area contributed by atoms with Crippen LogP contribution in [0.3, 0.4) is 0 Å². The lowest BCUT2D eigenvalue weighted by Crippen LogP contribution is -2.35. The van der Waals surface area contributed by atoms with Crippen molar-refractivity contribution in [2.75, 3.05) is 11.9 Å². The lowest BCUT2D eigenvalue weighted by Gasteiger charge is -2.30. The minimum atomic E-state index is -0.322. The predicted octanol–water partition coefficient (Wildman–Crippen LogP) is 3.42. The molecule has 0 saturated carbocycles. The van der Waals surface area contributed by atoms with Gasteiger partial charge in [0.2, 0.25) is 0 Å². The third-order valence-corrected chi connectivity index (χ3v) is 2.97. The van der Waals surface area contributed by atoms with Crippen LogP contribution in [0.5, 0.6) is 5.75 Å². The average molecular weight is 274 g/mol. The number of hydrogen-bond acceptors (Lipinski definition) is 2. The van der Waals surface area contributed by atoms with E-state index < -0.39 is 0 Å². The van der Waals surface area contributed by atoms with Gasteiger partial charge >= 0.3 is 0 Å². The van der Waals surface area contributed by atoms with Crippen LogP contribution in [0, 0.1) is 11.7 Å². The molecule has 0 spiro atoms. The van der Waals surface area contributed by atoms with E-state index >= 15 is 0 Å². The largest absolute Gasteiger partial charge is 0.483 e. The van der Waals surface area contributed by atoms with Gasteiger partial charge in [-0.15, -0.1) is 0 Å². The van der Waals surface area contributed by atoms with Gasteiger partial charge in [0.1, 0.15) is 6.10 Å². The van der Waals surface area contributed by atoms with Crippen LogP contribution in [-0.4, -0.2) is 12.6 Å². The summed E-state index contributed by atoms with van der Waals surface area (Å²) in [5, 5.41) is 3.18. The molecule has 0 amide bonds. The van der Waals surface area contributed by atoms with Gasteiger partial charge in [-0.2, -0.15) is 0 Å². The minimum absolute atomic E-state index is 0.0353. The highest BCUT2D eigenvalue weighted by Crippen LogP contribution is 2.35. The number of fused-ring (bicyclic) bond motifs is 1. The number of hydrogen-bond donors (Lipinski definition) is 1. The van der Waals surface area contributed by atoms with Crippen LogP contribution in [0.1, 0.15) is 13.8 Å². The van der Waals surface area contributed by atoms with Gasteiger partial charge in [0.25, 0.3) is 0 Å². The van der Waals surface area contributed by atoms with Crippen molar-refractivity contribution in [3.05, 3.63) is 22.4 Å². The SMILES string of the molecule is CC(C)C1CNc2cc(Br)cc(F)c2O1. The van der Waals surface area contributed by atoms with Gasteiger partial charge in [0.15, 0.2) is 11.6 Å². The molecular formula is C11H13BrFNO. The van der Waals surface area contributed by atoms with Crippen LogP contribution in [0.4, 0.5) is 10.1 Å². The topological polar surface area (TPSA) is 21.3 Å². The lowest BCUT2D eigenvalue weighted by molar-refractivity contribution is 0.149. The molecule has 2 rings (SSSR count). The Morgan fingerprint density at radius 3 is 2.93 bits per heavy atom. The zero-order valence-electron chi connectivity index (χ0n) is 8.68. The zero-order chi connectivity index (χ0) is 11.0. The van der Waals surface area contributed by atoms with Crippen LogP contribution in [0.2, 0.25) is 0 Å². The number of halogens is 2. The first-order valence-corrected chi connectivity index (χ1v) is 5.77. The van der Waals surface area contributed by atoms with E-state index in [1.54, 1.807) is 0 Å². The van der Waals surface area contributed by atoms with Gasteiger partial charge in [-0.05, 0) is 18.1 Å². The van der Waals surface area contributed by atoms with Crippen molar-refractivity contribution in [1.82, 2.24) is 0 Å². The zero-order valence-corrected chi connectivity index (χ0v) is 10.3. The van der Waals surface area contributed by atoms with Crippen LogP contribution < -0.4 is 10.1 Å². The Kier molecular flexibility index (Phi) is 2.87. The van der Waals surface area contributed by atoms with Crippen molar-refractivity contribution < 1.29 is 9.13 Å². The molecule has 0 saturated heterocycles. The fraction of sp³-hybridized carbons (Fsp3) is 0.455. The third-order valence-electron chi connectivity index (χ3n) is 2.51. The summed E-state index contributed by atoms with van der Waals surface area (Å²) < 4.78 is 19.9. The fourth-order valence-corrected chi connectivity index (χ4v) is 2.02. The Morgan fingerprint density at radius 1 is 1.53 bits per heavy atom. The van der Waals surface area contributed by atoms with Crippen LogP contribution in [0.15, 0.2) is 16.6 Å². The van der Waals surface area contributed by atoms with Crippen LogP contribution >= 0.6 is 15.9 Å². The molecule has 1 aliphatic rings. The maximum atomic E-state index is 13.6. The molecule has 15 heavy (non-hydrogen) atoms. The Hall–Kier alpha value is -0.770. The van der Waals surface area contributed by atoms with E-state index in [-0.39, 0.29) is 11.9 Å². The first-order chi connectivity index (χ1) is 7.08. The molecule has 0 radical (unpaired) electrons. The van der Waals surface area contributed by atoms with Crippen molar-refractivity contribution in [3.63, 3.8) is 0 Å². The monoisotopic (exact) mass is 273 g/mol. The quantitative estimate of drug-likeness (QED) is 0.847. The average Bonchev–Trinajstić information content (AvgIpc) is 2.16. The van der Waals surface area contributed by atoms with Gasteiger partial charge < -0.3 is 10.1 Å². The van der Waals surface area contributed by atoms with E-state index in [9.17, 15) is 4.39 Å². The second-order valence-corrected chi connectivity index (χ2v) is 4.96. The number of benzene rings is 1. The lowest BCUT2D eigenvalue weighted by atomic mass is 10.1. The molecule has 4 heteroatoms. The summed E-state index contributed by atoms with van der Waals surface area (Å²) in [6.45, 7) is 4.85. The maximum absolute atomic E-state index is 13.6. The van der Waals surface area contributed by atoms with Crippen molar-refractivity contribution in [3.8, 4) is 5.75 Å². The summed E-state index contributed by atoms with van der Waals surface area (Å²) in [4.78, 5) is 0. The highest BCUT2D eigenvalue weighted by Gasteiger charge is 2.24. The maximum Gasteiger partial charge on any atom is 0.178 e. The van der Waals surface area contributed by atoms with E-state index in [2.05, 4.69) is 35.1 Å². The number of nitrogens with one attached hydrogen (secondary N) is 1. The van der Waals surface area contributed by atoms with E-state index in [0.29, 0.717) is 11.7 Å². The summed E-state index contributed by atoms with van der Waals surface area (Å²) in [5.41, 5.74) is 0.721. The number of ether oxygens (including phenoxy) is 1. The molecule has 1 unspecified atom stereocenters. The Morgan fingerprint density at radius 2 is 2.27 bits per heavy atom. The summed E-state index contributed by atoms with van der Waals surface area (Å²) in [6, 6.07) is 3.25. The Balaban J connectivity index is 2.33. The minimum Gasteiger partial charge on any atom is -0.483 e. The molecule has 1 heterocycles. The summed E-state index contributed by atoms with van der Waals surface area (Å²) in [5.74, 6) is 0.383. The smallest absolute Gasteiger partial charge is 0.178 e. The first-order valence-electron chi connectivity index (χ1n) is 4.97. The standard InChI is InChI=1S/C11H13BrFNO/c1-6(2)10-5-14-9-4-7(12)3-8(13)11(9)15-10/h3-4,6,10,14H,5H2,1-2H3. The van der Waals surface area contributed by atoms with Gasteiger partial charge in [-0.25, -0.2) is 4.39 Å². The summed E-state index contributed by atoms with van der Waals surface area (Å²) >= 11 is 3.25. The summed E-state index contributed by atoms with van der Waals surface area (Å²) in [6.07, 6.45) is 0.0353. The van der Waals surface area contributed by atoms with Crippen molar-refractivity contribution in [1.29, 1.82) is 0 Å². The van der Waals surface area contributed by atoms with E-state index in [4.69, 9.17) is 4.74 Å². The van der Waals surface area contributed by atoms with E-state index in [1.165, 1.54) is 6.07 Å².